The van der Waals surface area contributed by atoms with Gasteiger partial charge in [-0.05, 0) is 36.2 Å². The van der Waals surface area contributed by atoms with E-state index in [-0.39, 0.29) is 12.2 Å². The summed E-state index contributed by atoms with van der Waals surface area (Å²) in [7, 11) is 0. The summed E-state index contributed by atoms with van der Waals surface area (Å²) >= 11 is 5.60. The number of amides is 2. The van der Waals surface area contributed by atoms with E-state index < -0.39 is 35.1 Å². The average molecular weight is 399 g/mol. The van der Waals surface area contributed by atoms with Crippen LogP contribution in [0.4, 0.5) is 18.9 Å². The number of nitrogens with zero attached hydrogens (tertiary/aromatic N) is 1. The minimum Gasteiger partial charge on any atom is -0.350 e. The molecule has 0 atom stereocenters. The number of rotatable bonds is 5. The first kappa shape index (κ1) is 20.8. The maximum Gasteiger partial charge on any atom is 0.417 e. The molecule has 2 amide bonds. The van der Waals surface area contributed by atoms with Crippen LogP contribution >= 0.6 is 11.6 Å². The van der Waals surface area contributed by atoms with Gasteiger partial charge in [0, 0.05) is 19.2 Å². The molecule has 144 valence electrons. The molecule has 1 N–H and O–H groups in total. The third-order valence-corrected chi connectivity index (χ3v) is 4.32. The molecule has 2 rings (SSSR count). The SMILES string of the molecule is CC(=O)N(CC(=O)NCc1ccccc1C)c1ccc(Cl)c(C(F)(F)F)c1. The van der Waals surface area contributed by atoms with Gasteiger partial charge in [-0.1, -0.05) is 35.9 Å². The summed E-state index contributed by atoms with van der Waals surface area (Å²) in [5, 5.41) is 2.20. The van der Waals surface area contributed by atoms with E-state index in [4.69, 9.17) is 11.6 Å². The van der Waals surface area contributed by atoms with Crippen LogP contribution in [0, 0.1) is 6.92 Å². The Morgan fingerprint density at radius 1 is 1.15 bits per heavy atom. The van der Waals surface area contributed by atoms with Crippen molar-refractivity contribution in [2.45, 2.75) is 26.6 Å². The molecule has 0 fully saturated rings. The fourth-order valence-electron chi connectivity index (χ4n) is 2.48. The minimum absolute atomic E-state index is 0.0507. The second-order valence-corrected chi connectivity index (χ2v) is 6.38. The van der Waals surface area contributed by atoms with Crippen molar-refractivity contribution in [2.24, 2.45) is 0 Å². The van der Waals surface area contributed by atoms with Crippen LogP contribution in [0.5, 0.6) is 0 Å². The Kier molecular flexibility index (Phi) is 6.49. The van der Waals surface area contributed by atoms with Gasteiger partial charge in [0.2, 0.25) is 11.8 Å². The van der Waals surface area contributed by atoms with E-state index in [0.29, 0.717) is 0 Å². The van der Waals surface area contributed by atoms with E-state index in [1.807, 2.05) is 31.2 Å². The number of alkyl halides is 3. The normalized spacial score (nSPS) is 11.2. The van der Waals surface area contributed by atoms with Gasteiger partial charge in [-0.25, -0.2) is 0 Å². The second kappa shape index (κ2) is 8.43. The van der Waals surface area contributed by atoms with Crippen molar-refractivity contribution in [3.63, 3.8) is 0 Å². The molecule has 2 aromatic carbocycles. The van der Waals surface area contributed by atoms with Gasteiger partial charge >= 0.3 is 6.18 Å². The first-order chi connectivity index (χ1) is 12.6. The molecular formula is C19H18ClF3N2O2. The summed E-state index contributed by atoms with van der Waals surface area (Å²) in [6, 6.07) is 10.6. The Balaban J connectivity index is 2.15. The van der Waals surface area contributed by atoms with Crippen LogP contribution in [0.1, 0.15) is 23.6 Å². The van der Waals surface area contributed by atoms with E-state index in [1.165, 1.54) is 13.0 Å². The molecule has 0 radical (unpaired) electrons. The smallest absolute Gasteiger partial charge is 0.350 e. The molecule has 0 aliphatic rings. The Morgan fingerprint density at radius 3 is 2.41 bits per heavy atom. The highest BCUT2D eigenvalue weighted by atomic mass is 35.5. The molecule has 0 bridgehead atoms. The number of hydrogen-bond donors (Lipinski definition) is 1. The quantitative estimate of drug-likeness (QED) is 0.814. The molecule has 8 heteroatoms. The predicted molar refractivity (Wildman–Crippen MR) is 97.5 cm³/mol. The van der Waals surface area contributed by atoms with E-state index in [1.54, 1.807) is 0 Å². The van der Waals surface area contributed by atoms with Gasteiger partial charge < -0.3 is 10.2 Å². The summed E-state index contributed by atoms with van der Waals surface area (Å²) in [5.74, 6) is -1.05. The second-order valence-electron chi connectivity index (χ2n) is 5.97. The molecule has 0 saturated carbocycles. The lowest BCUT2D eigenvalue weighted by atomic mass is 10.1. The number of carbonyl (C=O) groups is 2. The zero-order valence-electron chi connectivity index (χ0n) is 14.7. The van der Waals surface area contributed by atoms with E-state index in [9.17, 15) is 22.8 Å². The first-order valence-electron chi connectivity index (χ1n) is 8.05. The molecule has 27 heavy (non-hydrogen) atoms. The molecule has 0 spiro atoms. The Morgan fingerprint density at radius 2 is 1.81 bits per heavy atom. The highest BCUT2D eigenvalue weighted by Gasteiger charge is 2.34. The van der Waals surface area contributed by atoms with Crippen molar-refractivity contribution >= 4 is 29.1 Å². The van der Waals surface area contributed by atoms with Crippen molar-refractivity contribution < 1.29 is 22.8 Å². The summed E-state index contributed by atoms with van der Waals surface area (Å²) in [5.41, 5.74) is 0.790. The molecule has 0 aromatic heterocycles. The fourth-order valence-corrected chi connectivity index (χ4v) is 2.71. The third-order valence-electron chi connectivity index (χ3n) is 3.99. The molecule has 0 aliphatic carbocycles. The van der Waals surface area contributed by atoms with Crippen molar-refractivity contribution in [3.05, 3.63) is 64.2 Å². The number of carbonyl (C=O) groups excluding carboxylic acids is 2. The largest absolute Gasteiger partial charge is 0.417 e. The summed E-state index contributed by atoms with van der Waals surface area (Å²) in [6.45, 7) is 2.93. The van der Waals surface area contributed by atoms with Crippen LogP contribution < -0.4 is 10.2 Å². The summed E-state index contributed by atoms with van der Waals surface area (Å²) < 4.78 is 39.1. The maximum absolute atomic E-state index is 13.0. The lowest BCUT2D eigenvalue weighted by Gasteiger charge is -2.22. The maximum atomic E-state index is 13.0. The average Bonchev–Trinajstić information content (AvgIpc) is 2.58. The van der Waals surface area contributed by atoms with Gasteiger partial charge in [0.1, 0.15) is 6.54 Å². The Hall–Kier alpha value is -2.54. The van der Waals surface area contributed by atoms with Crippen LogP contribution in [0.3, 0.4) is 0 Å². The Bertz CT molecular complexity index is 853. The molecule has 0 aliphatic heterocycles. The molecule has 0 unspecified atom stereocenters. The number of aryl methyl sites for hydroxylation is 1. The van der Waals surface area contributed by atoms with Gasteiger partial charge in [0.05, 0.1) is 10.6 Å². The zero-order valence-corrected chi connectivity index (χ0v) is 15.5. The van der Waals surface area contributed by atoms with Crippen LogP contribution in [-0.4, -0.2) is 18.4 Å². The predicted octanol–water partition coefficient (Wildman–Crippen LogP) is 4.34. The van der Waals surface area contributed by atoms with Crippen LogP contribution in [0.25, 0.3) is 0 Å². The van der Waals surface area contributed by atoms with E-state index in [2.05, 4.69) is 5.32 Å². The number of nitrogens with one attached hydrogen (secondary N) is 1. The van der Waals surface area contributed by atoms with E-state index in [0.717, 1.165) is 28.2 Å². The van der Waals surface area contributed by atoms with Crippen molar-refractivity contribution in [2.75, 3.05) is 11.4 Å². The van der Waals surface area contributed by atoms with Crippen molar-refractivity contribution in [1.29, 1.82) is 0 Å². The van der Waals surface area contributed by atoms with Crippen molar-refractivity contribution in [1.82, 2.24) is 5.32 Å². The van der Waals surface area contributed by atoms with Crippen LogP contribution in [0.2, 0.25) is 5.02 Å². The summed E-state index contributed by atoms with van der Waals surface area (Å²) in [4.78, 5) is 25.1. The standard InChI is InChI=1S/C19H18ClF3N2O2/c1-12-5-3-4-6-14(12)10-24-18(27)11-25(13(2)26)15-7-8-17(20)16(9-15)19(21,22)23/h3-9H,10-11H2,1-2H3,(H,24,27). The molecule has 4 nitrogen and oxygen atoms in total. The number of benzene rings is 2. The van der Waals surface area contributed by atoms with Gasteiger partial charge in [0.15, 0.2) is 0 Å². The first-order valence-corrected chi connectivity index (χ1v) is 8.43. The van der Waals surface area contributed by atoms with Crippen molar-refractivity contribution in [3.8, 4) is 0 Å². The molecule has 0 saturated heterocycles. The fraction of sp³-hybridized carbons (Fsp3) is 0.263. The van der Waals surface area contributed by atoms with Crippen LogP contribution in [0.15, 0.2) is 42.5 Å². The van der Waals surface area contributed by atoms with Gasteiger partial charge in [-0.2, -0.15) is 13.2 Å². The topological polar surface area (TPSA) is 49.4 Å². The van der Waals surface area contributed by atoms with Gasteiger partial charge in [-0.15, -0.1) is 0 Å². The number of anilines is 1. The monoisotopic (exact) mass is 398 g/mol. The molecule has 2 aromatic rings. The minimum atomic E-state index is -4.66. The van der Waals surface area contributed by atoms with Gasteiger partial charge in [0.25, 0.3) is 0 Å². The highest BCUT2D eigenvalue weighted by Crippen LogP contribution is 2.37. The number of hydrogen-bond acceptors (Lipinski definition) is 2. The zero-order chi connectivity index (χ0) is 20.2. The van der Waals surface area contributed by atoms with Crippen LogP contribution in [-0.2, 0) is 22.3 Å². The number of halogens is 4. The molecule has 0 heterocycles. The summed E-state index contributed by atoms with van der Waals surface area (Å²) in [6.07, 6.45) is -4.66. The Labute approximate surface area is 159 Å². The highest BCUT2D eigenvalue weighted by molar-refractivity contribution is 6.31. The lowest BCUT2D eigenvalue weighted by molar-refractivity contribution is -0.137. The third kappa shape index (κ3) is 5.47. The van der Waals surface area contributed by atoms with Gasteiger partial charge in [-0.3, -0.25) is 9.59 Å². The lowest BCUT2D eigenvalue weighted by Crippen LogP contribution is -2.39. The van der Waals surface area contributed by atoms with E-state index >= 15 is 0 Å². The molecular weight excluding hydrogens is 381 g/mol.